The summed E-state index contributed by atoms with van der Waals surface area (Å²) in [5.41, 5.74) is 4.60. The molecule has 1 N–H and O–H groups in total. The van der Waals surface area contributed by atoms with Gasteiger partial charge in [-0.25, -0.2) is 8.42 Å². The summed E-state index contributed by atoms with van der Waals surface area (Å²) in [4.78, 5) is 13.0. The van der Waals surface area contributed by atoms with Gasteiger partial charge < -0.3 is 5.32 Å². The van der Waals surface area contributed by atoms with Crippen molar-refractivity contribution in [2.45, 2.75) is 51.3 Å². The average Bonchev–Trinajstić information content (AvgIpc) is 3.28. The van der Waals surface area contributed by atoms with Gasteiger partial charge in [0.2, 0.25) is 15.0 Å². The van der Waals surface area contributed by atoms with Crippen LogP contribution in [0.4, 0.5) is 5.69 Å². The van der Waals surface area contributed by atoms with Crippen molar-refractivity contribution in [1.29, 1.82) is 0 Å². The third-order valence-electron chi connectivity index (χ3n) is 6.09. The number of sulfonamides is 1. The Morgan fingerprint density at radius 2 is 1.73 bits per heavy atom. The van der Waals surface area contributed by atoms with Gasteiger partial charge >= 0.3 is 0 Å². The van der Waals surface area contributed by atoms with Crippen LogP contribution in [0.1, 0.15) is 55.8 Å². The molecule has 174 valence electrons. The number of amides is 1. The smallest absolute Gasteiger partial charge is 0.286 e. The summed E-state index contributed by atoms with van der Waals surface area (Å²) >= 11 is 1.23. The first-order valence-corrected chi connectivity index (χ1v) is 13.2. The van der Waals surface area contributed by atoms with Crippen LogP contribution in [0.5, 0.6) is 0 Å². The number of nitrogens with zero attached hydrogens (tertiary/aromatic N) is 3. The lowest BCUT2D eigenvalue weighted by Gasteiger charge is -2.31. The van der Waals surface area contributed by atoms with E-state index in [1.54, 1.807) is 10.4 Å². The normalized spacial score (nSPS) is 17.2. The van der Waals surface area contributed by atoms with Crippen LogP contribution in [-0.4, -0.2) is 41.9 Å². The van der Waals surface area contributed by atoms with Gasteiger partial charge in [0.15, 0.2) is 0 Å². The van der Waals surface area contributed by atoms with Crippen molar-refractivity contribution in [2.75, 3.05) is 18.4 Å². The molecule has 2 heterocycles. The SMILES string of the molecule is Cc1ccc(NC(=O)c2nnc(C3CCCN(S(=O)(=O)c4cc(C)c(C)cc4C)C3)s2)cc1. The number of aryl methyl sites for hydroxylation is 4. The van der Waals surface area contributed by atoms with Crippen molar-refractivity contribution in [3.63, 3.8) is 0 Å². The van der Waals surface area contributed by atoms with Gasteiger partial charge in [-0.3, -0.25) is 4.79 Å². The van der Waals surface area contributed by atoms with Crippen LogP contribution in [0.15, 0.2) is 41.3 Å². The fourth-order valence-electron chi connectivity index (χ4n) is 4.03. The van der Waals surface area contributed by atoms with E-state index in [1.807, 2.05) is 58.0 Å². The van der Waals surface area contributed by atoms with Crippen molar-refractivity contribution < 1.29 is 13.2 Å². The lowest BCUT2D eigenvalue weighted by molar-refractivity contribution is 0.102. The Kier molecular flexibility index (Phi) is 6.65. The first-order valence-electron chi connectivity index (χ1n) is 10.9. The van der Waals surface area contributed by atoms with Crippen LogP contribution in [0.25, 0.3) is 0 Å². The van der Waals surface area contributed by atoms with Gasteiger partial charge in [0, 0.05) is 24.7 Å². The molecule has 0 radical (unpaired) electrons. The number of carbonyl (C=O) groups is 1. The van der Waals surface area contributed by atoms with Crippen LogP contribution in [0, 0.1) is 27.7 Å². The molecule has 2 aromatic carbocycles. The highest BCUT2D eigenvalue weighted by molar-refractivity contribution is 7.89. The highest BCUT2D eigenvalue weighted by atomic mass is 32.2. The molecule has 0 bridgehead atoms. The number of aromatic nitrogens is 2. The molecular weight excluding hydrogens is 456 g/mol. The number of hydrogen-bond donors (Lipinski definition) is 1. The van der Waals surface area contributed by atoms with Gasteiger partial charge in [-0.1, -0.05) is 35.1 Å². The van der Waals surface area contributed by atoms with E-state index in [9.17, 15) is 13.2 Å². The molecule has 0 aliphatic carbocycles. The molecule has 7 nitrogen and oxygen atoms in total. The molecule has 9 heteroatoms. The van der Waals surface area contributed by atoms with E-state index in [2.05, 4.69) is 15.5 Å². The maximum atomic E-state index is 13.4. The molecule has 1 saturated heterocycles. The summed E-state index contributed by atoms with van der Waals surface area (Å²) in [6.07, 6.45) is 1.55. The van der Waals surface area contributed by atoms with Crippen molar-refractivity contribution in [3.05, 3.63) is 68.7 Å². The zero-order chi connectivity index (χ0) is 23.8. The van der Waals surface area contributed by atoms with Crippen LogP contribution in [0.2, 0.25) is 0 Å². The molecular formula is C24H28N4O3S2. The largest absolute Gasteiger partial charge is 0.320 e. The highest BCUT2D eigenvalue weighted by Crippen LogP contribution is 2.33. The molecule has 1 amide bonds. The van der Waals surface area contributed by atoms with Gasteiger partial charge in [-0.05, 0) is 75.4 Å². The average molecular weight is 485 g/mol. The molecule has 1 fully saturated rings. The number of hydrogen-bond acceptors (Lipinski definition) is 6. The van der Waals surface area contributed by atoms with E-state index in [4.69, 9.17) is 0 Å². The third-order valence-corrected chi connectivity index (χ3v) is 9.18. The lowest BCUT2D eigenvalue weighted by atomic mass is 10.0. The Balaban J connectivity index is 1.50. The first kappa shape index (κ1) is 23.5. The number of anilines is 1. The van der Waals surface area contributed by atoms with Gasteiger partial charge in [0.05, 0.1) is 4.90 Å². The van der Waals surface area contributed by atoms with E-state index in [0.29, 0.717) is 28.7 Å². The molecule has 0 saturated carbocycles. The lowest BCUT2D eigenvalue weighted by Crippen LogP contribution is -2.39. The van der Waals surface area contributed by atoms with E-state index in [-0.39, 0.29) is 16.8 Å². The predicted octanol–water partition coefficient (Wildman–Crippen LogP) is 4.59. The summed E-state index contributed by atoms with van der Waals surface area (Å²) in [7, 11) is -3.62. The molecule has 1 unspecified atom stereocenters. The van der Waals surface area contributed by atoms with Crippen LogP contribution < -0.4 is 5.32 Å². The van der Waals surface area contributed by atoms with Gasteiger partial charge in [-0.2, -0.15) is 4.31 Å². The predicted molar refractivity (Wildman–Crippen MR) is 130 cm³/mol. The molecule has 33 heavy (non-hydrogen) atoms. The van der Waals surface area contributed by atoms with Gasteiger partial charge in [-0.15, -0.1) is 10.2 Å². The minimum Gasteiger partial charge on any atom is -0.320 e. The summed E-state index contributed by atoms with van der Waals surface area (Å²) in [6.45, 7) is 8.55. The minimum absolute atomic E-state index is 0.0844. The van der Waals surface area contributed by atoms with Gasteiger partial charge in [0.1, 0.15) is 5.01 Å². The molecule has 1 aliphatic heterocycles. The monoisotopic (exact) mass is 484 g/mol. The Morgan fingerprint density at radius 1 is 1.03 bits per heavy atom. The zero-order valence-corrected chi connectivity index (χ0v) is 20.9. The molecule has 1 aliphatic rings. The topological polar surface area (TPSA) is 92.3 Å². The second kappa shape index (κ2) is 9.32. The Bertz CT molecular complexity index is 1280. The van der Waals surface area contributed by atoms with E-state index >= 15 is 0 Å². The summed E-state index contributed by atoms with van der Waals surface area (Å²) in [6, 6.07) is 11.2. The standard InChI is InChI=1S/C24H28N4O3S2/c1-15-7-9-20(10-8-15)25-22(29)24-27-26-23(32-24)19-6-5-11-28(14-19)33(30,31)21-13-17(3)16(2)12-18(21)4/h7-10,12-13,19H,5-6,11,14H2,1-4H3,(H,25,29). The zero-order valence-electron chi connectivity index (χ0n) is 19.3. The summed E-state index contributed by atoms with van der Waals surface area (Å²) in [5, 5.41) is 12.1. The number of nitrogens with one attached hydrogen (secondary N) is 1. The second-order valence-corrected chi connectivity index (χ2v) is 11.6. The van der Waals surface area contributed by atoms with Gasteiger partial charge in [0.25, 0.3) is 5.91 Å². The molecule has 4 rings (SSSR count). The molecule has 0 spiro atoms. The summed E-state index contributed by atoms with van der Waals surface area (Å²) < 4.78 is 28.4. The number of rotatable bonds is 5. The van der Waals surface area contributed by atoms with E-state index in [1.165, 1.54) is 11.3 Å². The molecule has 1 aromatic heterocycles. The van der Waals surface area contributed by atoms with Crippen molar-refractivity contribution >= 4 is 33.0 Å². The maximum absolute atomic E-state index is 13.4. The quantitative estimate of drug-likeness (QED) is 0.572. The Labute approximate surface area is 198 Å². The molecule has 3 aromatic rings. The van der Waals surface area contributed by atoms with Crippen molar-refractivity contribution in [2.24, 2.45) is 0 Å². The Morgan fingerprint density at radius 3 is 2.45 bits per heavy atom. The van der Waals surface area contributed by atoms with E-state index < -0.39 is 10.0 Å². The number of piperidine rings is 1. The van der Waals surface area contributed by atoms with Crippen LogP contribution in [-0.2, 0) is 10.0 Å². The Hall–Kier alpha value is -2.62. The second-order valence-electron chi connectivity index (χ2n) is 8.67. The van der Waals surface area contributed by atoms with E-state index in [0.717, 1.165) is 35.1 Å². The minimum atomic E-state index is -3.62. The summed E-state index contributed by atoms with van der Waals surface area (Å²) in [5.74, 6) is -0.396. The fourth-order valence-corrected chi connectivity index (χ4v) is 6.71. The molecule has 1 atom stereocenters. The maximum Gasteiger partial charge on any atom is 0.286 e. The van der Waals surface area contributed by atoms with Crippen molar-refractivity contribution in [3.8, 4) is 0 Å². The highest BCUT2D eigenvalue weighted by Gasteiger charge is 2.33. The van der Waals surface area contributed by atoms with Crippen LogP contribution >= 0.6 is 11.3 Å². The fraction of sp³-hybridized carbons (Fsp3) is 0.375. The number of carbonyl (C=O) groups excluding carboxylic acids is 1. The first-order chi connectivity index (χ1) is 15.6. The number of benzene rings is 2. The third kappa shape index (κ3) is 5.00. The van der Waals surface area contributed by atoms with Crippen molar-refractivity contribution in [1.82, 2.24) is 14.5 Å². The van der Waals surface area contributed by atoms with Crippen LogP contribution in [0.3, 0.4) is 0 Å².